The topological polar surface area (TPSA) is 277 Å². The average Bonchev–Trinajstić information content (AvgIpc) is 1.67. The second kappa shape index (κ2) is 26.3. The summed E-state index contributed by atoms with van der Waals surface area (Å²) < 4.78 is 14.1. The standard InChI is InChI=1S/C69H78N14O10/c1-40(2)92-60-32-51-43(29-56(60)75-64(86)54(34-70)62-71-20-6-21-72-62)37-81(67(51)89)46-18-25-78(26-19-46)39-48-13-22-73-63-55(35-74-83(48)63)65(87)76-57-30-44-38-80(66(88)52(44)33-61(57)93-41(3)4)45-16-23-77(24-17-45)36-42-14-27-79(28-15-42)47-9-11-50-53(31-47)69(91)82(68(50)90)58-12-10-49(84)7-5-8-59(58)85/h6,9,11,13,20-22,29-35,40-42,45-46,58,70-71H,5,7-8,10,12,14-19,23-28,36-39H2,1-4H3,(H,75,86)(H,76,87)/b62-54-,70-34?. The molecule has 13 rings (SSSR count). The van der Waals surface area contributed by atoms with E-state index in [0.717, 1.165) is 105 Å². The van der Waals surface area contributed by atoms with E-state index in [1.54, 1.807) is 53.3 Å². The number of imide groups is 1. The maximum atomic E-state index is 14.3. The van der Waals surface area contributed by atoms with Crippen molar-refractivity contribution in [2.75, 3.05) is 61.3 Å². The lowest BCUT2D eigenvalue weighted by atomic mass is 9.93. The smallest absolute Gasteiger partial charge is 0.262 e. The van der Waals surface area contributed by atoms with Gasteiger partial charge in [-0.3, -0.25) is 48.2 Å². The summed E-state index contributed by atoms with van der Waals surface area (Å²) >= 11 is 0. The number of ether oxygens (including phenoxy) is 2. The fourth-order valence-electron chi connectivity index (χ4n) is 14.5. The summed E-state index contributed by atoms with van der Waals surface area (Å²) in [6.45, 7) is 14.5. The molecule has 93 heavy (non-hydrogen) atoms. The number of hydrogen-bond acceptors (Lipinski definition) is 18. The van der Waals surface area contributed by atoms with Gasteiger partial charge in [0.25, 0.3) is 35.4 Å². The van der Waals surface area contributed by atoms with Crippen molar-refractivity contribution in [3.05, 3.63) is 129 Å². The molecule has 1 unspecified atom stereocenters. The zero-order valence-electron chi connectivity index (χ0n) is 53.0. The van der Waals surface area contributed by atoms with Gasteiger partial charge in [-0.2, -0.15) is 5.10 Å². The first kappa shape index (κ1) is 62.4. The highest BCUT2D eigenvalue weighted by Gasteiger charge is 2.44. The lowest BCUT2D eigenvalue weighted by molar-refractivity contribution is -0.126. The monoisotopic (exact) mass is 1260 g/mol. The summed E-state index contributed by atoms with van der Waals surface area (Å²) in [4.78, 5) is 130. The first-order valence-electron chi connectivity index (χ1n) is 32.7. The normalized spacial score (nSPS) is 20.8. The fourth-order valence-corrected chi connectivity index (χ4v) is 14.5. The van der Waals surface area contributed by atoms with E-state index in [1.165, 1.54) is 12.4 Å². The van der Waals surface area contributed by atoms with E-state index in [0.29, 0.717) is 102 Å². The molecule has 1 atom stereocenters. The number of likely N-dealkylation sites (tertiary alicyclic amines) is 2. The number of nitrogens with one attached hydrogen (secondary N) is 4. The largest absolute Gasteiger partial charge is 0.489 e. The van der Waals surface area contributed by atoms with Gasteiger partial charge < -0.3 is 50.4 Å². The van der Waals surface area contributed by atoms with Crippen molar-refractivity contribution >= 4 is 82.1 Å². The molecule has 8 aliphatic rings. The van der Waals surface area contributed by atoms with Crippen LogP contribution >= 0.6 is 0 Å². The highest BCUT2D eigenvalue weighted by atomic mass is 16.5. The Morgan fingerprint density at radius 3 is 1.96 bits per heavy atom. The SMILES string of the molecule is CC(C)Oc1cc2c(cc1NC(=O)/C(C=N)=C1\N=CC=CN1)CN(C1CCN(Cc3ccnc4c(C(=O)Nc5cc6c(cc5OC(C)C)C(=O)N(C5CCN(CC7CCN(c8ccc9c(c8)C(=O)N(C8CCC(=O)CCCC8=O)C9=O)CC7)CC5)C6)cnn34)CC1)C2=O. The van der Waals surface area contributed by atoms with Crippen LogP contribution in [0.1, 0.15) is 167 Å². The van der Waals surface area contributed by atoms with Gasteiger partial charge in [-0.15, -0.1) is 0 Å². The predicted molar refractivity (Wildman–Crippen MR) is 347 cm³/mol. The molecule has 4 N–H and O–H groups in total. The van der Waals surface area contributed by atoms with Crippen molar-refractivity contribution in [3.63, 3.8) is 0 Å². The van der Waals surface area contributed by atoms with Gasteiger partial charge in [-0.1, -0.05) is 0 Å². The maximum Gasteiger partial charge on any atom is 0.262 e. The second-order valence-electron chi connectivity index (χ2n) is 26.1. The molecule has 0 bridgehead atoms. The number of rotatable bonds is 17. The van der Waals surface area contributed by atoms with Crippen molar-refractivity contribution in [1.29, 1.82) is 5.41 Å². The van der Waals surface area contributed by atoms with Gasteiger partial charge in [0.15, 0.2) is 11.4 Å². The molecule has 5 aromatic rings. The highest BCUT2D eigenvalue weighted by Crippen LogP contribution is 2.40. The molecule has 3 saturated heterocycles. The molecular weight excluding hydrogens is 1180 g/mol. The lowest BCUT2D eigenvalue weighted by Crippen LogP contribution is -2.47. The minimum atomic E-state index is -0.912. The molecule has 6 amide bonds. The maximum absolute atomic E-state index is 14.3. The van der Waals surface area contributed by atoms with Crippen LogP contribution in [0.5, 0.6) is 11.5 Å². The Kier molecular flexibility index (Phi) is 17.6. The summed E-state index contributed by atoms with van der Waals surface area (Å²) in [5.41, 5.74) is 6.59. The summed E-state index contributed by atoms with van der Waals surface area (Å²) in [5.74, 6) is -0.657. The Bertz CT molecular complexity index is 3980. The predicted octanol–water partition coefficient (Wildman–Crippen LogP) is 7.57. The number of piperidine rings is 3. The van der Waals surface area contributed by atoms with Gasteiger partial charge in [-0.05, 0) is 151 Å². The van der Waals surface area contributed by atoms with Gasteiger partial charge in [0.05, 0.1) is 58.2 Å². The minimum Gasteiger partial charge on any atom is -0.489 e. The number of carbonyl (C=O) groups excluding carboxylic acids is 8. The Morgan fingerprint density at radius 1 is 0.699 bits per heavy atom. The molecule has 9 heterocycles. The van der Waals surface area contributed by atoms with E-state index in [9.17, 15) is 38.4 Å². The Labute approximate surface area is 538 Å². The number of Topliss-reactive ketones (excluding diaryl/α,β-unsaturated/α-hetero) is 2. The van der Waals surface area contributed by atoms with Crippen molar-refractivity contribution in [2.24, 2.45) is 10.9 Å². The van der Waals surface area contributed by atoms with Crippen LogP contribution in [0.25, 0.3) is 5.65 Å². The molecule has 4 fully saturated rings. The van der Waals surface area contributed by atoms with Crippen LogP contribution in [0, 0.1) is 11.3 Å². The Balaban J connectivity index is 0.596. The molecule has 1 aliphatic carbocycles. The third-order valence-electron chi connectivity index (χ3n) is 19.3. The van der Waals surface area contributed by atoms with Gasteiger partial charge in [0.2, 0.25) is 0 Å². The molecule has 0 radical (unpaired) electrons. The summed E-state index contributed by atoms with van der Waals surface area (Å²) in [6.07, 6.45) is 14.9. The average molecular weight is 1260 g/mol. The fraction of sp³-hybridized carbons (Fsp3) is 0.449. The van der Waals surface area contributed by atoms with E-state index in [4.69, 9.17) is 14.9 Å². The second-order valence-corrected chi connectivity index (χ2v) is 26.1. The molecule has 0 spiro atoms. The van der Waals surface area contributed by atoms with Gasteiger partial charge in [-0.25, -0.2) is 14.5 Å². The van der Waals surface area contributed by atoms with E-state index < -0.39 is 29.7 Å². The van der Waals surface area contributed by atoms with Crippen LogP contribution in [0.15, 0.2) is 89.6 Å². The van der Waals surface area contributed by atoms with Crippen LogP contribution in [0.4, 0.5) is 17.1 Å². The van der Waals surface area contributed by atoms with Crippen molar-refractivity contribution in [2.45, 2.75) is 148 Å². The third kappa shape index (κ3) is 12.7. The number of ketones is 2. The quantitative estimate of drug-likeness (QED) is 0.0397. The molecule has 1 saturated carbocycles. The van der Waals surface area contributed by atoms with Crippen LogP contribution in [0.3, 0.4) is 0 Å². The number of aliphatic imine (C=N–C) groups is 1. The molecule has 24 nitrogen and oxygen atoms in total. The number of amides is 6. The van der Waals surface area contributed by atoms with Crippen LogP contribution in [0.2, 0.25) is 0 Å². The molecule has 7 aliphatic heterocycles. The van der Waals surface area contributed by atoms with Gasteiger partial charge in [0.1, 0.15) is 28.7 Å². The summed E-state index contributed by atoms with van der Waals surface area (Å²) in [7, 11) is 0. The summed E-state index contributed by atoms with van der Waals surface area (Å²) in [6, 6.07) is 13.5. The van der Waals surface area contributed by atoms with E-state index in [2.05, 4.69) is 45.7 Å². The van der Waals surface area contributed by atoms with Crippen LogP contribution < -0.4 is 30.3 Å². The Hall–Kier alpha value is -9.42. The third-order valence-corrected chi connectivity index (χ3v) is 19.3. The number of fused-ring (bicyclic) bond motifs is 4. The zero-order valence-corrected chi connectivity index (χ0v) is 53.0. The molecule has 24 heteroatoms. The number of nitrogens with zero attached hydrogens (tertiary/aromatic N) is 10. The number of aromatic nitrogens is 3. The zero-order chi connectivity index (χ0) is 64.8. The van der Waals surface area contributed by atoms with Crippen molar-refractivity contribution in [1.82, 2.24) is 44.4 Å². The number of anilines is 3. The molecule has 484 valence electrons. The van der Waals surface area contributed by atoms with Gasteiger partial charge >= 0.3 is 0 Å². The van der Waals surface area contributed by atoms with E-state index >= 15 is 0 Å². The van der Waals surface area contributed by atoms with Crippen molar-refractivity contribution in [3.8, 4) is 11.5 Å². The Morgan fingerprint density at radius 2 is 1.33 bits per heavy atom. The first-order valence-corrected chi connectivity index (χ1v) is 32.7. The summed E-state index contributed by atoms with van der Waals surface area (Å²) in [5, 5.41) is 21.5. The van der Waals surface area contributed by atoms with E-state index in [1.807, 2.05) is 55.7 Å². The van der Waals surface area contributed by atoms with Crippen molar-refractivity contribution < 1.29 is 47.8 Å². The first-order chi connectivity index (χ1) is 45.0. The molecule has 2 aromatic heterocycles. The van der Waals surface area contributed by atoms with Gasteiger partial charge in [0, 0.05) is 138 Å². The molecular formula is C69H78N14O10. The van der Waals surface area contributed by atoms with E-state index in [-0.39, 0.29) is 83.9 Å². The molecule has 3 aromatic carbocycles. The van der Waals surface area contributed by atoms with Crippen LogP contribution in [-0.2, 0) is 34.0 Å². The number of hydrogen-bond donors (Lipinski definition) is 4. The number of benzene rings is 3. The number of carbonyl (C=O) groups is 8. The van der Waals surface area contributed by atoms with Crippen LogP contribution in [-0.4, -0.2) is 175 Å². The minimum absolute atomic E-state index is 0.0273. The lowest BCUT2D eigenvalue weighted by Gasteiger charge is -2.40. The number of allylic oxidation sites excluding steroid dienone is 1. The highest BCUT2D eigenvalue weighted by molar-refractivity contribution is 6.23.